The van der Waals surface area contributed by atoms with Gasteiger partial charge in [-0.1, -0.05) is 24.2 Å². The zero-order valence-electron chi connectivity index (χ0n) is 13.0. The van der Waals surface area contributed by atoms with Gasteiger partial charge >= 0.3 is 0 Å². The van der Waals surface area contributed by atoms with Crippen LogP contribution in [0.5, 0.6) is 0 Å². The van der Waals surface area contributed by atoms with Crippen LogP contribution in [-0.4, -0.2) is 4.98 Å². The Balaban J connectivity index is 2.24. The molecule has 0 aliphatic heterocycles. The molecule has 0 aliphatic carbocycles. The zero-order chi connectivity index (χ0) is 16.7. The quantitative estimate of drug-likeness (QED) is 0.664. The average Bonchev–Trinajstić information content (AvgIpc) is 2.52. The van der Waals surface area contributed by atoms with Crippen LogP contribution in [0.25, 0.3) is 27.6 Å². The predicted octanol–water partition coefficient (Wildman–Crippen LogP) is 5.62. The SMILES string of the molecule is C=C(C)c1cnc2ccc(-c3cc(F)c(C)c(Cl)c3)cc2c1N. The third kappa shape index (κ3) is 2.68. The van der Waals surface area contributed by atoms with Crippen LogP contribution in [0, 0.1) is 12.7 Å². The lowest BCUT2D eigenvalue weighted by Crippen LogP contribution is -1.96. The molecule has 2 aromatic carbocycles. The lowest BCUT2D eigenvalue weighted by atomic mass is 9.99. The fraction of sp³-hybridized carbons (Fsp3) is 0.105. The molecule has 4 heteroatoms. The van der Waals surface area contributed by atoms with Gasteiger partial charge in [0, 0.05) is 27.7 Å². The number of allylic oxidation sites excluding steroid dienone is 1. The highest BCUT2D eigenvalue weighted by atomic mass is 35.5. The molecule has 1 heterocycles. The van der Waals surface area contributed by atoms with Crippen LogP contribution < -0.4 is 5.73 Å². The van der Waals surface area contributed by atoms with Crippen molar-refractivity contribution in [2.75, 3.05) is 5.73 Å². The number of anilines is 1. The van der Waals surface area contributed by atoms with E-state index in [4.69, 9.17) is 17.3 Å². The molecule has 0 fully saturated rings. The smallest absolute Gasteiger partial charge is 0.128 e. The zero-order valence-corrected chi connectivity index (χ0v) is 13.7. The molecule has 0 bridgehead atoms. The summed E-state index contributed by atoms with van der Waals surface area (Å²) in [6.45, 7) is 7.46. The monoisotopic (exact) mass is 326 g/mol. The molecule has 116 valence electrons. The number of pyridine rings is 1. The van der Waals surface area contributed by atoms with Gasteiger partial charge in [-0.2, -0.15) is 0 Å². The molecule has 0 spiro atoms. The molecule has 0 amide bonds. The average molecular weight is 327 g/mol. The molecule has 1 aromatic heterocycles. The Bertz CT molecular complexity index is 924. The summed E-state index contributed by atoms with van der Waals surface area (Å²) in [5.74, 6) is -0.325. The number of nitrogens with zero attached hydrogens (tertiary/aromatic N) is 1. The number of nitrogen functional groups attached to an aromatic ring is 1. The third-order valence-corrected chi connectivity index (χ3v) is 4.38. The molecular weight excluding hydrogens is 311 g/mol. The van der Waals surface area contributed by atoms with Crippen LogP contribution in [0.3, 0.4) is 0 Å². The second kappa shape index (κ2) is 5.67. The van der Waals surface area contributed by atoms with E-state index >= 15 is 0 Å². The second-order valence-electron chi connectivity index (χ2n) is 5.66. The minimum absolute atomic E-state index is 0.325. The summed E-state index contributed by atoms with van der Waals surface area (Å²) in [5.41, 5.74) is 11.3. The van der Waals surface area contributed by atoms with Crippen molar-refractivity contribution in [3.8, 4) is 11.1 Å². The number of nitrogens with two attached hydrogens (primary N) is 1. The summed E-state index contributed by atoms with van der Waals surface area (Å²) < 4.78 is 14.0. The lowest BCUT2D eigenvalue weighted by Gasteiger charge is -2.11. The summed E-state index contributed by atoms with van der Waals surface area (Å²) in [6, 6.07) is 8.90. The molecule has 0 radical (unpaired) electrons. The molecule has 0 atom stereocenters. The molecule has 3 rings (SSSR count). The lowest BCUT2D eigenvalue weighted by molar-refractivity contribution is 0.619. The third-order valence-electron chi connectivity index (χ3n) is 3.98. The number of rotatable bonds is 2. The largest absolute Gasteiger partial charge is 0.398 e. The minimum Gasteiger partial charge on any atom is -0.398 e. The van der Waals surface area contributed by atoms with Crippen molar-refractivity contribution in [2.45, 2.75) is 13.8 Å². The molecule has 0 saturated heterocycles. The van der Waals surface area contributed by atoms with Crippen molar-refractivity contribution < 1.29 is 4.39 Å². The molecule has 2 nitrogen and oxygen atoms in total. The van der Waals surface area contributed by atoms with Crippen molar-refractivity contribution in [1.29, 1.82) is 0 Å². The Morgan fingerprint density at radius 3 is 2.61 bits per heavy atom. The Hall–Kier alpha value is -2.39. The number of fused-ring (bicyclic) bond motifs is 1. The maximum Gasteiger partial charge on any atom is 0.128 e. The highest BCUT2D eigenvalue weighted by molar-refractivity contribution is 6.31. The highest BCUT2D eigenvalue weighted by Crippen LogP contribution is 2.33. The number of halogens is 2. The summed E-state index contributed by atoms with van der Waals surface area (Å²) in [5, 5.41) is 1.22. The Morgan fingerprint density at radius 1 is 1.22 bits per heavy atom. The van der Waals surface area contributed by atoms with Gasteiger partial charge in [-0.05, 0) is 54.8 Å². The molecular formula is C19H16ClFN2. The van der Waals surface area contributed by atoms with Gasteiger partial charge in [0.1, 0.15) is 5.82 Å². The number of aromatic nitrogens is 1. The Kier molecular flexibility index (Phi) is 3.82. The van der Waals surface area contributed by atoms with Crippen molar-refractivity contribution in [3.63, 3.8) is 0 Å². The first-order valence-electron chi connectivity index (χ1n) is 7.18. The van der Waals surface area contributed by atoms with E-state index in [2.05, 4.69) is 11.6 Å². The number of hydrogen-bond acceptors (Lipinski definition) is 2. The Morgan fingerprint density at radius 2 is 1.96 bits per heavy atom. The Labute approximate surface area is 139 Å². The van der Waals surface area contributed by atoms with Gasteiger partial charge in [0.05, 0.1) is 11.2 Å². The van der Waals surface area contributed by atoms with Crippen LogP contribution >= 0.6 is 11.6 Å². The van der Waals surface area contributed by atoms with Gasteiger partial charge in [0.25, 0.3) is 0 Å². The minimum atomic E-state index is -0.325. The van der Waals surface area contributed by atoms with Crippen molar-refractivity contribution in [2.24, 2.45) is 0 Å². The van der Waals surface area contributed by atoms with Crippen molar-refractivity contribution in [3.05, 3.63) is 65.1 Å². The maximum atomic E-state index is 14.0. The molecule has 23 heavy (non-hydrogen) atoms. The first-order chi connectivity index (χ1) is 10.9. The molecule has 2 N–H and O–H groups in total. The molecule has 0 unspecified atom stereocenters. The molecule has 0 saturated carbocycles. The van der Waals surface area contributed by atoms with Crippen molar-refractivity contribution in [1.82, 2.24) is 4.98 Å². The van der Waals surface area contributed by atoms with Crippen LogP contribution in [0.2, 0.25) is 5.02 Å². The fourth-order valence-electron chi connectivity index (χ4n) is 2.54. The van der Waals surface area contributed by atoms with Crippen LogP contribution in [0.15, 0.2) is 43.1 Å². The van der Waals surface area contributed by atoms with Gasteiger partial charge in [-0.25, -0.2) is 4.39 Å². The van der Waals surface area contributed by atoms with Gasteiger partial charge in [0.15, 0.2) is 0 Å². The van der Waals surface area contributed by atoms with Gasteiger partial charge in [0.2, 0.25) is 0 Å². The van der Waals surface area contributed by atoms with Crippen molar-refractivity contribution >= 4 is 33.8 Å². The maximum absolute atomic E-state index is 14.0. The van der Waals surface area contributed by atoms with E-state index in [1.807, 2.05) is 25.1 Å². The van der Waals surface area contributed by atoms with Gasteiger partial charge in [-0.15, -0.1) is 0 Å². The molecule has 3 aromatic rings. The normalized spacial score (nSPS) is 11.0. The van der Waals surface area contributed by atoms with E-state index in [-0.39, 0.29) is 5.82 Å². The molecule has 0 aliphatic rings. The number of benzene rings is 2. The van der Waals surface area contributed by atoms with E-state index in [1.54, 1.807) is 19.2 Å². The van der Waals surface area contributed by atoms with E-state index in [9.17, 15) is 4.39 Å². The highest BCUT2D eigenvalue weighted by Gasteiger charge is 2.11. The van der Waals surface area contributed by atoms with Crippen LogP contribution in [-0.2, 0) is 0 Å². The standard InChI is InChI=1S/C19H16ClFN2/c1-10(2)15-9-23-18-5-4-12(6-14(18)19(15)22)13-7-16(20)11(3)17(21)8-13/h4-9H,1H2,2-3H3,(H2,22,23). The van der Waals surface area contributed by atoms with E-state index < -0.39 is 0 Å². The summed E-state index contributed by atoms with van der Waals surface area (Å²) in [7, 11) is 0. The fourth-order valence-corrected chi connectivity index (χ4v) is 2.75. The second-order valence-corrected chi connectivity index (χ2v) is 6.07. The topological polar surface area (TPSA) is 38.9 Å². The van der Waals surface area contributed by atoms with E-state index in [1.165, 1.54) is 6.07 Å². The van der Waals surface area contributed by atoms with E-state index in [0.29, 0.717) is 21.8 Å². The summed E-state index contributed by atoms with van der Waals surface area (Å²) >= 11 is 6.10. The number of hydrogen-bond donors (Lipinski definition) is 1. The predicted molar refractivity (Wildman–Crippen MR) is 96.0 cm³/mol. The van der Waals surface area contributed by atoms with Crippen LogP contribution in [0.4, 0.5) is 10.1 Å². The first-order valence-corrected chi connectivity index (χ1v) is 7.56. The summed E-state index contributed by atoms with van der Waals surface area (Å²) in [4.78, 5) is 4.41. The van der Waals surface area contributed by atoms with Crippen LogP contribution in [0.1, 0.15) is 18.1 Å². The first kappa shape index (κ1) is 15.5. The summed E-state index contributed by atoms with van der Waals surface area (Å²) in [6.07, 6.45) is 1.72. The van der Waals surface area contributed by atoms with E-state index in [0.717, 1.165) is 27.6 Å². The van der Waals surface area contributed by atoms with Gasteiger partial charge < -0.3 is 5.73 Å². The van der Waals surface area contributed by atoms with Gasteiger partial charge in [-0.3, -0.25) is 4.98 Å².